The van der Waals surface area contributed by atoms with Crippen molar-refractivity contribution in [1.29, 1.82) is 0 Å². The molecule has 3 aromatic carbocycles. The van der Waals surface area contributed by atoms with Crippen molar-refractivity contribution < 1.29 is 9.72 Å². The summed E-state index contributed by atoms with van der Waals surface area (Å²) in [5, 5.41) is 19.0. The van der Waals surface area contributed by atoms with E-state index in [1.807, 2.05) is 36.4 Å². The zero-order valence-electron chi connectivity index (χ0n) is 19.8. The summed E-state index contributed by atoms with van der Waals surface area (Å²) in [5.41, 5.74) is 3.62. The third-order valence-electron chi connectivity index (χ3n) is 6.79. The number of rotatable bonds is 4. The van der Waals surface area contributed by atoms with Gasteiger partial charge in [-0.3, -0.25) is 14.9 Å². The lowest BCUT2D eigenvalue weighted by atomic mass is 9.73. The van der Waals surface area contributed by atoms with Crippen LogP contribution in [0.15, 0.2) is 77.4 Å². The minimum absolute atomic E-state index is 0.0285. The summed E-state index contributed by atoms with van der Waals surface area (Å²) < 4.78 is 0. The molecule has 0 radical (unpaired) electrons. The van der Waals surface area contributed by atoms with Gasteiger partial charge in [-0.15, -0.1) is 0 Å². The van der Waals surface area contributed by atoms with Crippen molar-refractivity contribution >= 4 is 58.2 Å². The van der Waals surface area contributed by atoms with Gasteiger partial charge in [0.05, 0.1) is 16.7 Å². The molecular formula is C28H22Cl3N3O3. The van der Waals surface area contributed by atoms with Crippen LogP contribution in [0.1, 0.15) is 47.3 Å². The van der Waals surface area contributed by atoms with Crippen LogP contribution in [0.2, 0.25) is 15.1 Å². The van der Waals surface area contributed by atoms with E-state index in [1.165, 1.54) is 23.2 Å². The molecule has 3 unspecified atom stereocenters. The number of amides is 1. The van der Waals surface area contributed by atoms with Gasteiger partial charge in [-0.2, -0.15) is 5.10 Å². The van der Waals surface area contributed by atoms with Crippen molar-refractivity contribution in [2.45, 2.75) is 25.8 Å². The predicted molar refractivity (Wildman–Crippen MR) is 147 cm³/mol. The second kappa shape index (κ2) is 10.3. The molecular weight excluding hydrogens is 533 g/mol. The van der Waals surface area contributed by atoms with Crippen molar-refractivity contribution in [2.24, 2.45) is 16.9 Å². The van der Waals surface area contributed by atoms with E-state index in [0.717, 1.165) is 35.3 Å². The highest BCUT2D eigenvalue weighted by molar-refractivity contribution is 6.32. The van der Waals surface area contributed by atoms with Crippen LogP contribution in [0.4, 0.5) is 5.69 Å². The van der Waals surface area contributed by atoms with E-state index in [-0.39, 0.29) is 28.2 Å². The van der Waals surface area contributed by atoms with Crippen LogP contribution in [-0.4, -0.2) is 21.6 Å². The Labute approximate surface area is 229 Å². The minimum atomic E-state index is -0.597. The molecule has 0 spiro atoms. The van der Waals surface area contributed by atoms with Crippen molar-refractivity contribution in [1.82, 2.24) is 5.01 Å². The molecule has 0 bridgehead atoms. The number of hydrogen-bond acceptors (Lipinski definition) is 4. The maximum atomic E-state index is 13.8. The molecule has 3 atom stereocenters. The van der Waals surface area contributed by atoms with Crippen LogP contribution < -0.4 is 0 Å². The van der Waals surface area contributed by atoms with Crippen molar-refractivity contribution in [3.63, 3.8) is 0 Å². The standard InChI is InChI=1S/C28H22Cl3N3O3/c1-16-12-20(14-17-2-7-21(29)8-3-17)26-23(13-16)27(18-4-9-22(30)10-5-18)33(32-26)28(35)19-6-11-24(31)25(15-19)34(36)37/h2-11,14-16,23,27H,12-13H2,1H3/b20-14-. The number of allylic oxidation sites excluding steroid dienone is 1. The maximum absolute atomic E-state index is 13.8. The monoisotopic (exact) mass is 553 g/mol. The van der Waals surface area contributed by atoms with E-state index in [2.05, 4.69) is 13.0 Å². The molecule has 0 aromatic heterocycles. The lowest BCUT2D eigenvalue weighted by Gasteiger charge is -2.32. The molecule has 2 aliphatic rings. The lowest BCUT2D eigenvalue weighted by Crippen LogP contribution is -2.33. The molecule has 3 aromatic rings. The summed E-state index contributed by atoms with van der Waals surface area (Å²) in [6.07, 6.45) is 3.76. The molecule has 1 amide bonds. The van der Waals surface area contributed by atoms with E-state index >= 15 is 0 Å². The Morgan fingerprint density at radius 3 is 2.32 bits per heavy atom. The average molecular weight is 555 g/mol. The number of carbonyl (C=O) groups is 1. The van der Waals surface area contributed by atoms with E-state index in [4.69, 9.17) is 39.9 Å². The molecule has 1 aliphatic carbocycles. The van der Waals surface area contributed by atoms with Crippen LogP contribution in [0.25, 0.3) is 6.08 Å². The highest BCUT2D eigenvalue weighted by Crippen LogP contribution is 2.47. The first-order valence-corrected chi connectivity index (χ1v) is 12.9. The van der Waals surface area contributed by atoms with E-state index in [1.54, 1.807) is 12.1 Å². The smallest absolute Gasteiger partial charge is 0.267 e. The zero-order valence-corrected chi connectivity index (χ0v) is 22.0. The minimum Gasteiger partial charge on any atom is -0.267 e. The quantitative estimate of drug-likeness (QED) is 0.241. The van der Waals surface area contributed by atoms with Crippen LogP contribution in [-0.2, 0) is 0 Å². The summed E-state index contributed by atoms with van der Waals surface area (Å²) in [6.45, 7) is 2.19. The van der Waals surface area contributed by atoms with Gasteiger partial charge in [0.15, 0.2) is 0 Å². The van der Waals surface area contributed by atoms with E-state index in [9.17, 15) is 14.9 Å². The fourth-order valence-corrected chi connectivity index (χ4v) is 5.57. The number of halogens is 3. The Morgan fingerprint density at radius 2 is 1.68 bits per heavy atom. The molecule has 1 heterocycles. The number of carbonyl (C=O) groups excluding carboxylic acids is 1. The number of fused-ring (bicyclic) bond motifs is 1. The fraction of sp³-hybridized carbons (Fsp3) is 0.214. The number of benzene rings is 3. The fourth-order valence-electron chi connectivity index (χ4n) is 5.13. The SMILES string of the molecule is CC1C/C(=C/c2ccc(Cl)cc2)C2=NN(C(=O)c3ccc(Cl)c([N+](=O)[O-])c3)C(c3ccc(Cl)cc3)C2C1. The van der Waals surface area contributed by atoms with Gasteiger partial charge in [0, 0.05) is 27.6 Å². The van der Waals surface area contributed by atoms with Gasteiger partial charge in [0.25, 0.3) is 11.6 Å². The molecule has 1 saturated carbocycles. The summed E-state index contributed by atoms with van der Waals surface area (Å²) in [5.74, 6) is -0.112. The van der Waals surface area contributed by atoms with Crippen LogP contribution in [0, 0.1) is 22.0 Å². The van der Waals surface area contributed by atoms with Crippen molar-refractivity contribution in [3.05, 3.63) is 114 Å². The first kappa shape index (κ1) is 25.5. The van der Waals surface area contributed by atoms with Crippen LogP contribution in [0.3, 0.4) is 0 Å². The molecule has 5 rings (SSSR count). The molecule has 1 aliphatic heterocycles. The van der Waals surface area contributed by atoms with Crippen molar-refractivity contribution in [2.75, 3.05) is 0 Å². The summed E-state index contributed by atoms with van der Waals surface area (Å²) in [7, 11) is 0. The topological polar surface area (TPSA) is 75.8 Å². The Hall–Kier alpha value is -3.19. The molecule has 6 nitrogen and oxygen atoms in total. The first-order valence-electron chi connectivity index (χ1n) is 11.8. The summed E-state index contributed by atoms with van der Waals surface area (Å²) in [4.78, 5) is 24.7. The van der Waals surface area contributed by atoms with Gasteiger partial charge >= 0.3 is 0 Å². The molecule has 0 saturated heterocycles. The number of hydrogen-bond donors (Lipinski definition) is 0. The second-order valence-electron chi connectivity index (χ2n) is 9.43. The molecule has 37 heavy (non-hydrogen) atoms. The molecule has 0 N–H and O–H groups in total. The van der Waals surface area contributed by atoms with E-state index in [0.29, 0.717) is 16.0 Å². The third kappa shape index (κ3) is 5.14. The predicted octanol–water partition coefficient (Wildman–Crippen LogP) is 8.24. The number of nitro benzene ring substituents is 1. The molecule has 188 valence electrons. The van der Waals surface area contributed by atoms with Gasteiger partial charge in [-0.1, -0.05) is 66.0 Å². The van der Waals surface area contributed by atoms with Gasteiger partial charge < -0.3 is 0 Å². The Morgan fingerprint density at radius 1 is 1.03 bits per heavy atom. The van der Waals surface area contributed by atoms with Gasteiger partial charge in [0.1, 0.15) is 5.02 Å². The zero-order chi connectivity index (χ0) is 26.3. The Balaban J connectivity index is 1.61. The van der Waals surface area contributed by atoms with Gasteiger partial charge in [-0.05, 0) is 77.9 Å². The molecule has 9 heteroatoms. The Kier molecular flexibility index (Phi) is 7.08. The highest BCUT2D eigenvalue weighted by Gasteiger charge is 2.45. The number of nitro groups is 1. The number of hydrazone groups is 1. The van der Waals surface area contributed by atoms with Crippen LogP contribution in [0.5, 0.6) is 0 Å². The second-order valence-corrected chi connectivity index (χ2v) is 10.7. The van der Waals surface area contributed by atoms with Gasteiger partial charge in [0.2, 0.25) is 0 Å². The summed E-state index contributed by atoms with van der Waals surface area (Å²) in [6, 6.07) is 18.7. The summed E-state index contributed by atoms with van der Waals surface area (Å²) >= 11 is 18.2. The first-order chi connectivity index (χ1) is 17.7. The normalized spacial score (nSPS) is 22.1. The van der Waals surface area contributed by atoms with Crippen LogP contribution >= 0.6 is 34.8 Å². The Bertz CT molecular complexity index is 1440. The maximum Gasteiger partial charge on any atom is 0.288 e. The highest BCUT2D eigenvalue weighted by atomic mass is 35.5. The van der Waals surface area contributed by atoms with Gasteiger partial charge in [-0.25, -0.2) is 5.01 Å². The molecule has 1 fully saturated rings. The van der Waals surface area contributed by atoms with Crippen molar-refractivity contribution in [3.8, 4) is 0 Å². The largest absolute Gasteiger partial charge is 0.288 e. The average Bonchev–Trinajstić information content (AvgIpc) is 3.25. The lowest BCUT2D eigenvalue weighted by molar-refractivity contribution is -0.384. The van der Waals surface area contributed by atoms with E-state index < -0.39 is 10.8 Å². The third-order valence-corrected chi connectivity index (χ3v) is 7.61. The number of nitrogens with zero attached hydrogens (tertiary/aromatic N) is 3.